The average Bonchev–Trinajstić information content (AvgIpc) is 2.78. The van der Waals surface area contributed by atoms with E-state index in [0.717, 1.165) is 18.6 Å². The Hall–Kier alpha value is -3.32. The standard InChI is InChI=1S/C28H26O/c1-2-9-26(24-11-4-3-5-12-24)18-22-10-8-15-28(20-22)29-21-23-16-17-25-13-6-7-14-27(25)19-23/h3-8,10-20H,2,9,21H2,1H3/b26-18+. The minimum absolute atomic E-state index is 0.568. The number of fused-ring (bicyclic) bond motifs is 1. The average molecular weight is 379 g/mol. The predicted molar refractivity (Wildman–Crippen MR) is 124 cm³/mol. The normalized spacial score (nSPS) is 11.6. The molecule has 0 amide bonds. The molecule has 0 heterocycles. The predicted octanol–water partition coefficient (Wildman–Crippen LogP) is 7.76. The van der Waals surface area contributed by atoms with Crippen molar-refractivity contribution in [3.05, 3.63) is 114 Å². The molecule has 0 fully saturated rings. The Morgan fingerprint density at radius 3 is 2.38 bits per heavy atom. The molecule has 0 spiro atoms. The van der Waals surface area contributed by atoms with E-state index in [4.69, 9.17) is 4.74 Å². The van der Waals surface area contributed by atoms with Gasteiger partial charge in [0.25, 0.3) is 0 Å². The first kappa shape index (κ1) is 19.0. The van der Waals surface area contributed by atoms with Gasteiger partial charge in [-0.05, 0) is 57.7 Å². The van der Waals surface area contributed by atoms with Crippen molar-refractivity contribution in [1.82, 2.24) is 0 Å². The van der Waals surface area contributed by atoms with Crippen LogP contribution in [0.1, 0.15) is 36.5 Å². The van der Waals surface area contributed by atoms with Gasteiger partial charge in [-0.2, -0.15) is 0 Å². The van der Waals surface area contributed by atoms with Gasteiger partial charge in [0.05, 0.1) is 0 Å². The number of hydrogen-bond acceptors (Lipinski definition) is 1. The maximum Gasteiger partial charge on any atom is 0.120 e. The van der Waals surface area contributed by atoms with E-state index in [0.29, 0.717) is 6.61 Å². The molecule has 0 radical (unpaired) electrons. The SMILES string of the molecule is CCC/C(=C\c1cccc(OCc2ccc3ccccc3c2)c1)c1ccccc1. The molecule has 4 rings (SSSR count). The lowest BCUT2D eigenvalue weighted by Crippen LogP contribution is -1.95. The van der Waals surface area contributed by atoms with Crippen molar-refractivity contribution < 1.29 is 4.74 Å². The second-order valence-corrected chi connectivity index (χ2v) is 7.33. The van der Waals surface area contributed by atoms with E-state index < -0.39 is 0 Å². The Morgan fingerprint density at radius 2 is 1.55 bits per heavy atom. The highest BCUT2D eigenvalue weighted by molar-refractivity contribution is 5.83. The molecule has 29 heavy (non-hydrogen) atoms. The van der Waals surface area contributed by atoms with Crippen molar-refractivity contribution >= 4 is 22.4 Å². The summed E-state index contributed by atoms with van der Waals surface area (Å²) in [4.78, 5) is 0. The first-order valence-electron chi connectivity index (χ1n) is 10.3. The third-order valence-electron chi connectivity index (χ3n) is 5.08. The minimum atomic E-state index is 0.568. The van der Waals surface area contributed by atoms with Crippen LogP contribution in [0.2, 0.25) is 0 Å². The quantitative estimate of drug-likeness (QED) is 0.299. The highest BCUT2D eigenvalue weighted by Crippen LogP contribution is 2.25. The second-order valence-electron chi connectivity index (χ2n) is 7.33. The van der Waals surface area contributed by atoms with Gasteiger partial charge in [-0.1, -0.05) is 98.3 Å². The van der Waals surface area contributed by atoms with Gasteiger partial charge in [-0.3, -0.25) is 0 Å². The molecule has 0 aliphatic rings. The van der Waals surface area contributed by atoms with E-state index in [1.54, 1.807) is 0 Å². The fraction of sp³-hybridized carbons (Fsp3) is 0.143. The van der Waals surface area contributed by atoms with Gasteiger partial charge >= 0.3 is 0 Å². The zero-order valence-corrected chi connectivity index (χ0v) is 16.8. The van der Waals surface area contributed by atoms with E-state index in [1.807, 2.05) is 6.07 Å². The van der Waals surface area contributed by atoms with E-state index in [2.05, 4.69) is 104 Å². The molecule has 0 saturated heterocycles. The largest absolute Gasteiger partial charge is 0.489 e. The number of allylic oxidation sites excluding steroid dienone is 1. The lowest BCUT2D eigenvalue weighted by Gasteiger charge is -2.10. The van der Waals surface area contributed by atoms with Crippen molar-refractivity contribution in [3.8, 4) is 5.75 Å². The van der Waals surface area contributed by atoms with Crippen molar-refractivity contribution in [2.24, 2.45) is 0 Å². The molecule has 0 bridgehead atoms. The van der Waals surface area contributed by atoms with E-state index in [-0.39, 0.29) is 0 Å². The smallest absolute Gasteiger partial charge is 0.120 e. The molecule has 1 heteroatoms. The van der Waals surface area contributed by atoms with Crippen LogP contribution >= 0.6 is 0 Å². The van der Waals surface area contributed by atoms with Crippen molar-refractivity contribution in [1.29, 1.82) is 0 Å². The van der Waals surface area contributed by atoms with Crippen LogP contribution in [0.4, 0.5) is 0 Å². The van der Waals surface area contributed by atoms with Crippen LogP contribution in [0.25, 0.3) is 22.4 Å². The maximum atomic E-state index is 6.10. The highest BCUT2D eigenvalue weighted by Gasteiger charge is 2.03. The van der Waals surface area contributed by atoms with Gasteiger partial charge in [0.15, 0.2) is 0 Å². The van der Waals surface area contributed by atoms with Crippen molar-refractivity contribution in [2.45, 2.75) is 26.4 Å². The van der Waals surface area contributed by atoms with Crippen molar-refractivity contribution in [3.63, 3.8) is 0 Å². The molecule has 0 atom stereocenters. The maximum absolute atomic E-state index is 6.10. The summed E-state index contributed by atoms with van der Waals surface area (Å²) in [6.07, 6.45) is 4.47. The second kappa shape index (κ2) is 9.25. The van der Waals surface area contributed by atoms with Gasteiger partial charge in [0.1, 0.15) is 12.4 Å². The molecule has 0 aliphatic carbocycles. The van der Waals surface area contributed by atoms with Gasteiger partial charge in [-0.15, -0.1) is 0 Å². The molecule has 0 unspecified atom stereocenters. The fourth-order valence-corrected chi connectivity index (χ4v) is 3.61. The number of hydrogen-bond donors (Lipinski definition) is 0. The Morgan fingerprint density at radius 1 is 0.759 bits per heavy atom. The van der Waals surface area contributed by atoms with Gasteiger partial charge in [0.2, 0.25) is 0 Å². The van der Waals surface area contributed by atoms with Crippen LogP contribution in [0, 0.1) is 0 Å². The Bertz CT molecular complexity index is 1110. The van der Waals surface area contributed by atoms with Gasteiger partial charge in [-0.25, -0.2) is 0 Å². The van der Waals surface area contributed by atoms with Crippen molar-refractivity contribution in [2.75, 3.05) is 0 Å². The van der Waals surface area contributed by atoms with E-state index >= 15 is 0 Å². The minimum Gasteiger partial charge on any atom is -0.489 e. The lowest BCUT2D eigenvalue weighted by atomic mass is 9.99. The highest BCUT2D eigenvalue weighted by atomic mass is 16.5. The molecule has 0 N–H and O–H groups in total. The number of rotatable bonds is 7. The summed E-state index contributed by atoms with van der Waals surface area (Å²) in [6.45, 7) is 2.79. The summed E-state index contributed by atoms with van der Waals surface area (Å²) < 4.78 is 6.10. The summed E-state index contributed by atoms with van der Waals surface area (Å²) in [5.41, 5.74) is 5.01. The Balaban J connectivity index is 1.51. The lowest BCUT2D eigenvalue weighted by molar-refractivity contribution is 0.306. The molecule has 0 aromatic heterocycles. The Labute approximate surface area is 173 Å². The third kappa shape index (κ3) is 4.94. The summed E-state index contributed by atoms with van der Waals surface area (Å²) >= 11 is 0. The molecular weight excluding hydrogens is 352 g/mol. The monoisotopic (exact) mass is 378 g/mol. The summed E-state index contributed by atoms with van der Waals surface area (Å²) in [5, 5.41) is 2.50. The van der Waals surface area contributed by atoms with E-state index in [9.17, 15) is 0 Å². The molecular formula is C28H26O. The van der Waals surface area contributed by atoms with Crippen LogP contribution in [-0.2, 0) is 6.61 Å². The molecule has 0 aliphatic heterocycles. The van der Waals surface area contributed by atoms with E-state index in [1.165, 1.54) is 33.0 Å². The molecule has 0 saturated carbocycles. The summed E-state index contributed by atoms with van der Waals surface area (Å²) in [5.74, 6) is 0.899. The van der Waals surface area contributed by atoms with Crippen LogP contribution < -0.4 is 4.74 Å². The zero-order valence-electron chi connectivity index (χ0n) is 16.8. The zero-order chi connectivity index (χ0) is 19.9. The third-order valence-corrected chi connectivity index (χ3v) is 5.08. The van der Waals surface area contributed by atoms with Crippen LogP contribution in [-0.4, -0.2) is 0 Å². The molecule has 144 valence electrons. The topological polar surface area (TPSA) is 9.23 Å². The molecule has 4 aromatic rings. The number of ether oxygens (including phenoxy) is 1. The Kier molecular flexibility index (Phi) is 6.07. The first-order chi connectivity index (χ1) is 14.3. The van der Waals surface area contributed by atoms with Gasteiger partial charge < -0.3 is 4.74 Å². The summed E-state index contributed by atoms with van der Waals surface area (Å²) in [7, 11) is 0. The molecule has 1 nitrogen and oxygen atoms in total. The fourth-order valence-electron chi connectivity index (χ4n) is 3.61. The number of benzene rings is 4. The van der Waals surface area contributed by atoms with Crippen LogP contribution in [0.3, 0.4) is 0 Å². The first-order valence-corrected chi connectivity index (χ1v) is 10.3. The van der Waals surface area contributed by atoms with Crippen LogP contribution in [0.15, 0.2) is 97.1 Å². The van der Waals surface area contributed by atoms with Crippen LogP contribution in [0.5, 0.6) is 5.75 Å². The summed E-state index contributed by atoms with van der Waals surface area (Å²) in [6, 6.07) is 33.9. The van der Waals surface area contributed by atoms with Gasteiger partial charge in [0, 0.05) is 0 Å². The molecule has 4 aromatic carbocycles.